The maximum atomic E-state index is 13.2. The van der Waals surface area contributed by atoms with Crippen molar-refractivity contribution in [1.29, 1.82) is 5.26 Å². The molecule has 0 bridgehead atoms. The molecule has 278 valence electrons. The van der Waals surface area contributed by atoms with Gasteiger partial charge >= 0.3 is 5.69 Å². The third-order valence-electron chi connectivity index (χ3n) is 9.10. The molecule has 1 aliphatic rings. The number of aryl methyl sites for hydroxylation is 1. The molecule has 0 saturated carbocycles. The molecule has 1 N–H and O–H groups in total. The van der Waals surface area contributed by atoms with E-state index in [1.165, 1.54) is 10.8 Å². The number of methoxy groups -OCH3 is 1. The van der Waals surface area contributed by atoms with E-state index in [4.69, 9.17) is 29.7 Å². The van der Waals surface area contributed by atoms with Crippen LogP contribution < -0.4 is 16.0 Å². The highest BCUT2D eigenvalue weighted by molar-refractivity contribution is 7.44. The van der Waals surface area contributed by atoms with Crippen LogP contribution in [0, 0.1) is 30.6 Å². The zero-order valence-corrected chi connectivity index (χ0v) is 31.9. The van der Waals surface area contributed by atoms with Crippen LogP contribution in [0.3, 0.4) is 0 Å². The van der Waals surface area contributed by atoms with Gasteiger partial charge in [-0.25, -0.2) is 9.46 Å². The molecule has 12 heteroatoms. The lowest BCUT2D eigenvalue weighted by molar-refractivity contribution is -0.0925. The lowest BCUT2D eigenvalue weighted by Crippen LogP contribution is -2.39. The van der Waals surface area contributed by atoms with E-state index in [9.17, 15) is 14.9 Å². The molecule has 1 saturated heterocycles. The Balaban J connectivity index is 1.61. The fraction of sp³-hybridized carbons (Fsp3) is 0.390. The largest absolute Gasteiger partial charge is 0.497 e. The molecule has 53 heavy (non-hydrogen) atoms. The second-order valence-corrected chi connectivity index (χ2v) is 14.8. The third kappa shape index (κ3) is 8.97. The summed E-state index contributed by atoms with van der Waals surface area (Å²) in [4.78, 5) is 27.8. The first kappa shape index (κ1) is 39.6. The molecule has 2 heterocycles. The van der Waals surface area contributed by atoms with E-state index in [0.717, 1.165) is 22.3 Å². The molecular weight excluding hydrogens is 691 g/mol. The van der Waals surface area contributed by atoms with E-state index in [0.29, 0.717) is 5.75 Å². The Kier molecular flexibility index (Phi) is 13.4. The normalized spacial score (nSPS) is 18.8. The van der Waals surface area contributed by atoms with Gasteiger partial charge in [0.1, 0.15) is 29.2 Å². The van der Waals surface area contributed by atoms with Gasteiger partial charge in [0.2, 0.25) is 0 Å². The van der Waals surface area contributed by atoms with E-state index in [1.807, 2.05) is 61.5 Å². The molecular formula is C41H47N4O7P. The Morgan fingerprint density at radius 2 is 1.62 bits per heavy atom. The number of rotatable bonds is 16. The lowest BCUT2D eigenvalue weighted by Gasteiger charge is -2.39. The molecule has 11 nitrogen and oxygen atoms in total. The predicted octanol–water partition coefficient (Wildman–Crippen LogP) is 6.79. The molecule has 1 fully saturated rings. The molecule has 4 aromatic rings. The summed E-state index contributed by atoms with van der Waals surface area (Å²) in [5.41, 5.74) is 1.35. The van der Waals surface area contributed by atoms with Crippen molar-refractivity contribution < 1.29 is 23.3 Å². The summed E-state index contributed by atoms with van der Waals surface area (Å²) in [6.07, 6.45) is 5.16. The minimum Gasteiger partial charge on any atom is -0.497 e. The molecule has 5 unspecified atom stereocenters. The summed E-state index contributed by atoms with van der Waals surface area (Å²) in [6, 6.07) is 28.2. The summed E-state index contributed by atoms with van der Waals surface area (Å²) >= 11 is 0. The zero-order chi connectivity index (χ0) is 38.1. The second-order valence-electron chi connectivity index (χ2n) is 13.4. The van der Waals surface area contributed by atoms with Crippen molar-refractivity contribution in [2.24, 2.45) is 0 Å². The van der Waals surface area contributed by atoms with Crippen molar-refractivity contribution in [2.75, 3.05) is 20.3 Å². The van der Waals surface area contributed by atoms with Gasteiger partial charge in [-0.1, -0.05) is 78.2 Å². The number of nitrogens with one attached hydrogen (secondary N) is 1. The highest BCUT2D eigenvalue weighted by Crippen LogP contribution is 2.50. The van der Waals surface area contributed by atoms with Gasteiger partial charge in [-0.05, 0) is 63.4 Å². The first-order valence-corrected chi connectivity index (χ1v) is 18.8. The van der Waals surface area contributed by atoms with Crippen molar-refractivity contribution in [2.45, 2.75) is 83.6 Å². The van der Waals surface area contributed by atoms with Gasteiger partial charge in [0.05, 0.1) is 38.9 Å². The molecule has 3 aromatic carbocycles. The van der Waals surface area contributed by atoms with Crippen LogP contribution in [0.4, 0.5) is 0 Å². The van der Waals surface area contributed by atoms with E-state index in [1.54, 1.807) is 7.11 Å². The van der Waals surface area contributed by atoms with Crippen LogP contribution in [0.5, 0.6) is 5.75 Å². The number of nitrogens with zero attached hydrogens (tertiary/aromatic N) is 3. The number of benzene rings is 3. The van der Waals surface area contributed by atoms with E-state index >= 15 is 0 Å². The van der Waals surface area contributed by atoms with E-state index in [2.05, 4.69) is 73.6 Å². The maximum Gasteiger partial charge on any atom is 0.330 e. The van der Waals surface area contributed by atoms with Gasteiger partial charge in [-0.2, -0.15) is 5.26 Å². The zero-order valence-electron chi connectivity index (χ0n) is 31.0. The minimum absolute atomic E-state index is 0.000203. The molecule has 0 radical (unpaired) electrons. The van der Waals surface area contributed by atoms with Gasteiger partial charge in [0.15, 0.2) is 0 Å². The molecule has 0 spiro atoms. The standard InChI is InChI=1S/C41H47N4O7P/c1-8-31-26-44(40(47)43-39(31)46)38-25-36(52-53(50-24-12-23-42)45(28(2)3)29(4)5)37(51-38)27-49-41(32-13-10-9-11-14-32,33-17-15-30(6)16-18-33)34-19-21-35(48-7)22-20-34/h1,9-11,13-22,26,28-29,36-38H,12,24-25,27H2,2-7H3,(H,43,46,47). The fourth-order valence-corrected chi connectivity index (χ4v) is 8.35. The number of nitriles is 1. The second kappa shape index (κ2) is 18.0. The summed E-state index contributed by atoms with van der Waals surface area (Å²) in [7, 11) is -0.0590. The molecule has 0 amide bonds. The Labute approximate surface area is 312 Å². The SMILES string of the molecule is C#Cc1cn(C2CC(OP(OCCC#N)N(C(C)C)C(C)C)C(COC(c3ccccc3)(c3ccc(C)cc3)c3ccc(OC)cc3)O2)c(=O)[nH]c1=O. The van der Waals surface area contributed by atoms with Crippen LogP contribution in [-0.2, 0) is 24.1 Å². The van der Waals surface area contributed by atoms with E-state index < -0.39 is 43.8 Å². The topological polar surface area (TPSA) is 128 Å². The number of H-pyrrole nitrogens is 1. The van der Waals surface area contributed by atoms with Crippen molar-refractivity contribution in [3.63, 3.8) is 0 Å². The predicted molar refractivity (Wildman–Crippen MR) is 204 cm³/mol. The molecule has 1 aromatic heterocycles. The van der Waals surface area contributed by atoms with Crippen molar-refractivity contribution >= 4 is 8.53 Å². The molecule has 1 aliphatic heterocycles. The summed E-state index contributed by atoms with van der Waals surface area (Å²) in [5.74, 6) is 3.05. The highest BCUT2D eigenvalue weighted by Gasteiger charge is 2.45. The van der Waals surface area contributed by atoms with Gasteiger partial charge in [-0.3, -0.25) is 14.3 Å². The Hall–Kier alpha value is -4.58. The van der Waals surface area contributed by atoms with Gasteiger partial charge in [0, 0.05) is 24.7 Å². The van der Waals surface area contributed by atoms with Crippen LogP contribution >= 0.6 is 8.53 Å². The first-order valence-electron chi connectivity index (χ1n) is 17.7. The number of terminal acetylenes is 1. The van der Waals surface area contributed by atoms with Crippen LogP contribution in [-0.4, -0.2) is 58.8 Å². The average molecular weight is 739 g/mol. The van der Waals surface area contributed by atoms with Crippen molar-refractivity contribution in [1.82, 2.24) is 14.2 Å². The van der Waals surface area contributed by atoms with Crippen molar-refractivity contribution in [3.8, 4) is 24.2 Å². The lowest BCUT2D eigenvalue weighted by atomic mass is 9.79. The van der Waals surface area contributed by atoms with Crippen LogP contribution in [0.25, 0.3) is 0 Å². The summed E-state index contributed by atoms with van der Waals surface area (Å²) < 4.78 is 35.9. The number of ether oxygens (including phenoxy) is 3. The third-order valence-corrected chi connectivity index (χ3v) is 11.3. The van der Waals surface area contributed by atoms with Crippen molar-refractivity contribution in [3.05, 3.63) is 134 Å². The van der Waals surface area contributed by atoms with Gasteiger partial charge < -0.3 is 23.3 Å². The minimum atomic E-state index is -1.69. The van der Waals surface area contributed by atoms with Gasteiger partial charge in [-0.15, -0.1) is 6.42 Å². The fourth-order valence-electron chi connectivity index (χ4n) is 6.59. The first-order chi connectivity index (χ1) is 25.5. The van der Waals surface area contributed by atoms with Crippen LogP contribution in [0.1, 0.15) is 74.6 Å². The number of hydrogen-bond donors (Lipinski definition) is 1. The Bertz CT molecular complexity index is 1990. The van der Waals surface area contributed by atoms with Crippen LogP contribution in [0.2, 0.25) is 0 Å². The highest BCUT2D eigenvalue weighted by atomic mass is 31.2. The molecule has 5 rings (SSSR count). The average Bonchev–Trinajstić information content (AvgIpc) is 3.54. The van der Waals surface area contributed by atoms with Gasteiger partial charge in [0.25, 0.3) is 14.1 Å². The maximum absolute atomic E-state index is 13.2. The molecule has 5 atom stereocenters. The quantitative estimate of drug-likeness (QED) is 0.0572. The Morgan fingerprint density at radius 3 is 2.21 bits per heavy atom. The number of aromatic nitrogens is 2. The summed E-state index contributed by atoms with van der Waals surface area (Å²) in [6.45, 7) is 10.5. The monoisotopic (exact) mass is 738 g/mol. The van der Waals surface area contributed by atoms with Crippen LogP contribution in [0.15, 0.2) is 94.6 Å². The molecule has 0 aliphatic carbocycles. The smallest absolute Gasteiger partial charge is 0.330 e. The summed E-state index contributed by atoms with van der Waals surface area (Å²) in [5, 5.41) is 9.29. The number of hydrogen-bond acceptors (Lipinski definition) is 9. The van der Waals surface area contributed by atoms with E-state index in [-0.39, 0.29) is 43.7 Å². The number of aromatic amines is 1. The Morgan fingerprint density at radius 1 is 1.00 bits per heavy atom.